The fourth-order valence-corrected chi connectivity index (χ4v) is 6.47. The van der Waals surface area contributed by atoms with E-state index in [9.17, 15) is 23.2 Å². The van der Waals surface area contributed by atoms with Crippen molar-refractivity contribution in [2.45, 2.75) is 24.0 Å². The molecule has 4 aromatic rings. The number of hydroxylamine groups is 1. The minimum atomic E-state index is -4.27. The van der Waals surface area contributed by atoms with Crippen LogP contribution in [0.4, 0.5) is 0 Å². The van der Waals surface area contributed by atoms with E-state index in [0.717, 1.165) is 4.31 Å². The van der Waals surface area contributed by atoms with E-state index >= 15 is 0 Å². The summed E-state index contributed by atoms with van der Waals surface area (Å²) < 4.78 is 35.2. The third-order valence-corrected chi connectivity index (χ3v) is 8.83. The second kappa shape index (κ2) is 10.9. The molecule has 1 unspecified atom stereocenters. The van der Waals surface area contributed by atoms with Crippen molar-refractivity contribution in [3.05, 3.63) is 110 Å². The van der Waals surface area contributed by atoms with E-state index < -0.39 is 27.5 Å². The second-order valence-electron chi connectivity index (χ2n) is 8.72. The molecule has 5 rings (SSSR count). The van der Waals surface area contributed by atoms with Gasteiger partial charge in [-0.1, -0.05) is 47.5 Å². The molecule has 0 radical (unpaired) electrons. The number of hydrogen-bond donors (Lipinski definition) is 3. The Morgan fingerprint density at radius 2 is 1.79 bits per heavy atom. The topological polar surface area (TPSA) is 134 Å². The highest BCUT2D eigenvalue weighted by molar-refractivity contribution is 7.89. The number of rotatable bonds is 7. The number of halogens is 2. The molecule has 1 aromatic heterocycles. The zero-order valence-electron chi connectivity index (χ0n) is 20.2. The maximum Gasteiger partial charge on any atom is 0.276 e. The minimum absolute atomic E-state index is 0.0555. The molecular formula is C26H22Cl2N4O6S. The molecule has 1 aliphatic rings. The van der Waals surface area contributed by atoms with Gasteiger partial charge >= 0.3 is 0 Å². The van der Waals surface area contributed by atoms with Crippen LogP contribution in [0.25, 0.3) is 5.69 Å². The summed E-state index contributed by atoms with van der Waals surface area (Å²) >= 11 is 12.1. The van der Waals surface area contributed by atoms with Crippen LogP contribution in [-0.2, 0) is 27.8 Å². The van der Waals surface area contributed by atoms with Gasteiger partial charge in [0.25, 0.3) is 11.5 Å². The van der Waals surface area contributed by atoms with Gasteiger partial charge in [0.15, 0.2) is 0 Å². The number of benzene rings is 3. The number of H-pyrrole nitrogens is 1. The Hall–Kier alpha value is -3.61. The number of aromatic nitrogens is 2. The van der Waals surface area contributed by atoms with Gasteiger partial charge in [-0.2, -0.15) is 4.31 Å². The number of carbonyl (C=O) groups is 1. The molecule has 202 valence electrons. The largest absolute Gasteiger partial charge is 0.489 e. The van der Waals surface area contributed by atoms with Crippen LogP contribution in [0.3, 0.4) is 0 Å². The summed E-state index contributed by atoms with van der Waals surface area (Å²) in [6, 6.07) is 17.7. The molecule has 0 fully saturated rings. The Labute approximate surface area is 233 Å². The van der Waals surface area contributed by atoms with Gasteiger partial charge in [0, 0.05) is 34.3 Å². The number of nitrogens with one attached hydrogen (secondary N) is 2. The monoisotopic (exact) mass is 588 g/mol. The van der Waals surface area contributed by atoms with Crippen LogP contribution in [0.1, 0.15) is 22.9 Å². The number of amides is 1. The Bertz CT molecular complexity index is 1690. The van der Waals surface area contributed by atoms with Crippen molar-refractivity contribution in [2.75, 3.05) is 6.54 Å². The van der Waals surface area contributed by atoms with Crippen molar-refractivity contribution in [3.63, 3.8) is 0 Å². The molecule has 13 heteroatoms. The predicted octanol–water partition coefficient (Wildman–Crippen LogP) is 3.84. The van der Waals surface area contributed by atoms with Gasteiger partial charge in [-0.15, -0.1) is 0 Å². The highest BCUT2D eigenvalue weighted by Gasteiger charge is 2.43. The summed E-state index contributed by atoms with van der Waals surface area (Å²) in [4.78, 5) is 26.0. The number of fused-ring (bicyclic) bond motifs is 1. The molecule has 3 N–H and O–H groups in total. The molecule has 39 heavy (non-hydrogen) atoms. The Kier molecular flexibility index (Phi) is 7.52. The number of carbonyl (C=O) groups excluding carboxylic acids is 1. The summed E-state index contributed by atoms with van der Waals surface area (Å²) in [6.07, 6.45) is 0.155. The zero-order chi connectivity index (χ0) is 27.7. The first-order chi connectivity index (χ1) is 18.7. The molecule has 0 saturated heterocycles. The molecule has 0 bridgehead atoms. The third kappa shape index (κ3) is 5.19. The van der Waals surface area contributed by atoms with Crippen LogP contribution >= 0.6 is 23.2 Å². The maximum atomic E-state index is 13.7. The van der Waals surface area contributed by atoms with Gasteiger partial charge in [0.05, 0.1) is 16.1 Å². The lowest BCUT2D eigenvalue weighted by Gasteiger charge is -2.32. The summed E-state index contributed by atoms with van der Waals surface area (Å²) in [6.45, 7) is 0.0341. The normalized spacial score (nSPS) is 15.5. The summed E-state index contributed by atoms with van der Waals surface area (Å²) in [5.74, 6) is -0.655. The van der Waals surface area contributed by atoms with E-state index in [1.54, 1.807) is 48.5 Å². The molecule has 2 heterocycles. The predicted molar refractivity (Wildman–Crippen MR) is 144 cm³/mol. The first-order valence-corrected chi connectivity index (χ1v) is 13.9. The first kappa shape index (κ1) is 27.0. The molecule has 10 nitrogen and oxygen atoms in total. The van der Waals surface area contributed by atoms with Crippen molar-refractivity contribution in [1.29, 1.82) is 0 Å². The van der Waals surface area contributed by atoms with Crippen LogP contribution < -0.4 is 15.8 Å². The van der Waals surface area contributed by atoms with Crippen molar-refractivity contribution < 1.29 is 23.2 Å². The van der Waals surface area contributed by atoms with Crippen LogP contribution in [-0.4, -0.2) is 40.2 Å². The molecule has 1 aliphatic heterocycles. The first-order valence-electron chi connectivity index (χ1n) is 11.7. The highest BCUT2D eigenvalue weighted by Crippen LogP contribution is 2.33. The van der Waals surface area contributed by atoms with Crippen LogP contribution in [0.5, 0.6) is 5.75 Å². The number of sulfonamides is 1. The average Bonchev–Trinajstić information content (AvgIpc) is 3.28. The Morgan fingerprint density at radius 1 is 1.08 bits per heavy atom. The fraction of sp³-hybridized carbons (Fsp3) is 0.154. The average molecular weight is 589 g/mol. The molecule has 0 aliphatic carbocycles. The Morgan fingerprint density at radius 3 is 2.46 bits per heavy atom. The number of ether oxygens (including phenoxy) is 1. The van der Waals surface area contributed by atoms with Gasteiger partial charge in [-0.3, -0.25) is 19.9 Å². The van der Waals surface area contributed by atoms with E-state index in [1.807, 2.05) is 0 Å². The van der Waals surface area contributed by atoms with E-state index in [0.29, 0.717) is 32.7 Å². The SMILES string of the molecule is O=C(NO)C1c2c([nH]n(-c3ccccc3)c2=O)CCN1S(=O)(=O)c1ccc(OCc2ccc(Cl)cc2Cl)cc1. The van der Waals surface area contributed by atoms with E-state index in [4.69, 9.17) is 27.9 Å². The van der Waals surface area contributed by atoms with Crippen molar-refractivity contribution in [1.82, 2.24) is 19.6 Å². The number of aromatic amines is 1. The Balaban J connectivity index is 1.43. The van der Waals surface area contributed by atoms with Crippen LogP contribution in [0.2, 0.25) is 10.0 Å². The van der Waals surface area contributed by atoms with Crippen LogP contribution in [0, 0.1) is 0 Å². The molecule has 1 atom stereocenters. The molecule has 0 spiro atoms. The number of hydrogen-bond acceptors (Lipinski definition) is 6. The fourth-order valence-electron chi connectivity index (χ4n) is 4.45. The van der Waals surface area contributed by atoms with E-state index in [-0.39, 0.29) is 30.0 Å². The van der Waals surface area contributed by atoms with Gasteiger partial charge in [-0.05, 0) is 48.5 Å². The lowest BCUT2D eigenvalue weighted by atomic mass is 10.0. The smallest absolute Gasteiger partial charge is 0.276 e. The summed E-state index contributed by atoms with van der Waals surface area (Å²) in [7, 11) is -4.27. The number of para-hydroxylation sites is 1. The molecule has 0 saturated carbocycles. The minimum Gasteiger partial charge on any atom is -0.489 e. The molecule has 3 aromatic carbocycles. The second-order valence-corrected chi connectivity index (χ2v) is 11.5. The van der Waals surface area contributed by atoms with Crippen molar-refractivity contribution in [2.24, 2.45) is 0 Å². The van der Waals surface area contributed by atoms with Crippen molar-refractivity contribution in [3.8, 4) is 11.4 Å². The highest BCUT2D eigenvalue weighted by atomic mass is 35.5. The molecular weight excluding hydrogens is 567 g/mol. The van der Waals surface area contributed by atoms with Gasteiger partial charge in [-0.25, -0.2) is 18.6 Å². The lowest BCUT2D eigenvalue weighted by Crippen LogP contribution is -2.48. The lowest BCUT2D eigenvalue weighted by molar-refractivity contribution is -0.133. The van der Waals surface area contributed by atoms with Gasteiger partial charge in [0.2, 0.25) is 10.0 Å². The molecule has 1 amide bonds. The standard InChI is InChI=1S/C26H22Cl2N4O6S/c27-17-7-6-16(21(28)14-17)15-38-19-8-10-20(11-9-19)39(36,37)31-13-12-22-23(24(31)25(33)30-35)26(34)32(29-22)18-4-2-1-3-5-18/h1-11,14,24,29,35H,12-13,15H2,(H,30,33). The maximum absolute atomic E-state index is 13.7. The summed E-state index contributed by atoms with van der Waals surface area (Å²) in [5.41, 5.74) is 2.49. The number of nitrogens with zero attached hydrogens (tertiary/aromatic N) is 2. The quantitative estimate of drug-likeness (QED) is 0.222. The van der Waals surface area contributed by atoms with Gasteiger partial charge < -0.3 is 4.74 Å². The van der Waals surface area contributed by atoms with E-state index in [2.05, 4.69) is 5.10 Å². The van der Waals surface area contributed by atoms with Crippen molar-refractivity contribution >= 4 is 39.1 Å². The summed E-state index contributed by atoms with van der Waals surface area (Å²) in [5, 5.41) is 13.3. The van der Waals surface area contributed by atoms with Crippen LogP contribution in [0.15, 0.2) is 82.5 Å². The van der Waals surface area contributed by atoms with E-state index in [1.165, 1.54) is 34.4 Å². The zero-order valence-corrected chi connectivity index (χ0v) is 22.5. The van der Waals surface area contributed by atoms with Gasteiger partial charge in [0.1, 0.15) is 18.4 Å². The third-order valence-electron chi connectivity index (χ3n) is 6.36.